The van der Waals surface area contributed by atoms with Crippen molar-refractivity contribution in [3.63, 3.8) is 0 Å². The molecule has 0 unspecified atom stereocenters. The molecule has 0 bridgehead atoms. The predicted molar refractivity (Wildman–Crippen MR) is 34.0 cm³/mol. The van der Waals surface area contributed by atoms with Crippen molar-refractivity contribution in [2.24, 2.45) is 5.92 Å². The van der Waals surface area contributed by atoms with Gasteiger partial charge in [0.2, 0.25) is 0 Å². The molecule has 0 spiro atoms. The van der Waals surface area contributed by atoms with E-state index >= 15 is 0 Å². The van der Waals surface area contributed by atoms with E-state index in [0.717, 1.165) is 5.92 Å². The lowest BCUT2D eigenvalue weighted by Crippen LogP contribution is -1.84. The average Bonchev–Trinajstić information content (AvgIpc) is 1.61. The van der Waals surface area contributed by atoms with Crippen LogP contribution < -0.4 is 0 Å². The average molecular weight is 99.2 g/mol. The standard InChI is InChI=1S/C7H15/c1-4-5-6-7(2)3/h5,7H,4,6H2,1-3H3/q+1. The van der Waals surface area contributed by atoms with Gasteiger partial charge in [0, 0.05) is 0 Å². The first kappa shape index (κ1) is 6.87. The van der Waals surface area contributed by atoms with Crippen molar-refractivity contribution in [2.75, 3.05) is 0 Å². The first-order chi connectivity index (χ1) is 3.27. The number of hydrogen-bond acceptors (Lipinski definition) is 0. The molecular weight excluding hydrogens is 84.1 g/mol. The van der Waals surface area contributed by atoms with Crippen LogP contribution in [0.3, 0.4) is 0 Å². The molecule has 0 aromatic rings. The van der Waals surface area contributed by atoms with Gasteiger partial charge < -0.3 is 0 Å². The molecule has 0 heteroatoms. The Labute approximate surface area is 46.9 Å². The van der Waals surface area contributed by atoms with Gasteiger partial charge in [-0.2, -0.15) is 0 Å². The molecule has 0 aromatic heterocycles. The van der Waals surface area contributed by atoms with Crippen LogP contribution in [0.4, 0.5) is 0 Å². The van der Waals surface area contributed by atoms with Gasteiger partial charge in [0.25, 0.3) is 0 Å². The smallest absolute Gasteiger partial charge is 0.0587 e. The van der Waals surface area contributed by atoms with Crippen molar-refractivity contribution in [2.45, 2.75) is 33.6 Å². The van der Waals surface area contributed by atoms with Gasteiger partial charge in [-0.1, -0.05) is 13.8 Å². The summed E-state index contributed by atoms with van der Waals surface area (Å²) in [6, 6.07) is 0. The van der Waals surface area contributed by atoms with Crippen molar-refractivity contribution in [1.29, 1.82) is 0 Å². The Morgan fingerprint density at radius 3 is 2.14 bits per heavy atom. The third kappa shape index (κ3) is 5.87. The van der Waals surface area contributed by atoms with Crippen LogP contribution in [0.25, 0.3) is 0 Å². The summed E-state index contributed by atoms with van der Waals surface area (Å²) in [5.41, 5.74) is 0. The summed E-state index contributed by atoms with van der Waals surface area (Å²) in [7, 11) is 0. The lowest BCUT2D eigenvalue weighted by molar-refractivity contribution is 0.626. The molecule has 0 atom stereocenters. The monoisotopic (exact) mass is 99.1 g/mol. The molecule has 0 heterocycles. The van der Waals surface area contributed by atoms with Crippen LogP contribution >= 0.6 is 0 Å². The molecule has 0 saturated carbocycles. The zero-order chi connectivity index (χ0) is 5.70. The SMILES string of the molecule is CC[CH+]CC(C)C. The maximum absolute atomic E-state index is 2.32. The molecule has 0 aromatic carbocycles. The highest BCUT2D eigenvalue weighted by Gasteiger charge is 1.97. The molecule has 0 N–H and O–H groups in total. The molecule has 7 heavy (non-hydrogen) atoms. The summed E-state index contributed by atoms with van der Waals surface area (Å²) in [5.74, 6) is 0.847. The van der Waals surface area contributed by atoms with Crippen molar-refractivity contribution in [1.82, 2.24) is 0 Å². The van der Waals surface area contributed by atoms with E-state index < -0.39 is 0 Å². The highest BCUT2D eigenvalue weighted by molar-refractivity contribution is 4.62. The Morgan fingerprint density at radius 1 is 1.43 bits per heavy atom. The van der Waals surface area contributed by atoms with Crippen LogP contribution in [0.15, 0.2) is 0 Å². The van der Waals surface area contributed by atoms with Crippen LogP contribution in [0.2, 0.25) is 0 Å². The summed E-state index contributed by atoms with van der Waals surface area (Å²) in [6.07, 6.45) is 4.82. The third-order valence-electron chi connectivity index (χ3n) is 0.927. The van der Waals surface area contributed by atoms with Gasteiger partial charge in [0.1, 0.15) is 0 Å². The van der Waals surface area contributed by atoms with Crippen molar-refractivity contribution >= 4 is 0 Å². The van der Waals surface area contributed by atoms with Crippen molar-refractivity contribution < 1.29 is 0 Å². The molecule has 0 nitrogen and oxygen atoms in total. The molecular formula is C7H15+. The molecule has 0 aliphatic rings. The lowest BCUT2D eigenvalue weighted by Gasteiger charge is -1.90. The highest BCUT2D eigenvalue weighted by Crippen LogP contribution is 2.03. The van der Waals surface area contributed by atoms with Crippen molar-refractivity contribution in [3.05, 3.63) is 6.42 Å². The van der Waals surface area contributed by atoms with E-state index in [9.17, 15) is 0 Å². The number of hydrogen-bond donors (Lipinski definition) is 0. The van der Waals surface area contributed by atoms with Crippen LogP contribution in [-0.4, -0.2) is 0 Å². The quantitative estimate of drug-likeness (QED) is 0.477. The molecule has 0 aliphatic heterocycles. The minimum atomic E-state index is 0.847. The first-order valence-corrected chi connectivity index (χ1v) is 3.09. The molecule has 0 rings (SSSR count). The summed E-state index contributed by atoms with van der Waals surface area (Å²) >= 11 is 0. The van der Waals surface area contributed by atoms with E-state index in [1.54, 1.807) is 0 Å². The normalized spacial score (nSPS) is 9.71. The molecule has 0 amide bonds. The van der Waals surface area contributed by atoms with Crippen LogP contribution in [0, 0.1) is 12.3 Å². The molecule has 42 valence electrons. The second-order valence-corrected chi connectivity index (χ2v) is 2.33. The van der Waals surface area contributed by atoms with Crippen LogP contribution in [-0.2, 0) is 0 Å². The van der Waals surface area contributed by atoms with E-state index in [1.165, 1.54) is 12.8 Å². The summed E-state index contributed by atoms with van der Waals surface area (Å²) < 4.78 is 0. The minimum absolute atomic E-state index is 0.847. The fourth-order valence-corrected chi connectivity index (χ4v) is 0.500. The van der Waals surface area contributed by atoms with E-state index in [-0.39, 0.29) is 0 Å². The van der Waals surface area contributed by atoms with Crippen molar-refractivity contribution in [3.8, 4) is 0 Å². The van der Waals surface area contributed by atoms with Crippen LogP contribution in [0.5, 0.6) is 0 Å². The third-order valence-corrected chi connectivity index (χ3v) is 0.927. The Kier molecular flexibility index (Phi) is 3.97. The summed E-state index contributed by atoms with van der Waals surface area (Å²) in [5, 5.41) is 0. The lowest BCUT2D eigenvalue weighted by atomic mass is 10.1. The number of rotatable bonds is 3. The highest BCUT2D eigenvalue weighted by atomic mass is 13.9. The Morgan fingerprint density at radius 2 is 2.00 bits per heavy atom. The van der Waals surface area contributed by atoms with Gasteiger partial charge in [-0.3, -0.25) is 0 Å². The first-order valence-electron chi connectivity index (χ1n) is 3.09. The Bertz CT molecular complexity index is 29.0. The molecule has 0 radical (unpaired) electrons. The predicted octanol–water partition coefficient (Wildman–Crippen LogP) is 2.65. The van der Waals surface area contributed by atoms with Gasteiger partial charge >= 0.3 is 0 Å². The Balaban J connectivity index is 2.68. The second-order valence-electron chi connectivity index (χ2n) is 2.33. The summed E-state index contributed by atoms with van der Waals surface area (Å²) in [6.45, 7) is 6.67. The van der Waals surface area contributed by atoms with E-state index in [0.29, 0.717) is 0 Å². The summed E-state index contributed by atoms with van der Waals surface area (Å²) in [4.78, 5) is 0. The second kappa shape index (κ2) is 4.04. The molecule has 0 saturated heterocycles. The minimum Gasteiger partial charge on any atom is -0.0587 e. The van der Waals surface area contributed by atoms with E-state index in [2.05, 4.69) is 27.2 Å². The largest absolute Gasteiger partial charge is 0.0898 e. The van der Waals surface area contributed by atoms with E-state index in [1.807, 2.05) is 0 Å². The molecule has 0 aliphatic carbocycles. The van der Waals surface area contributed by atoms with Gasteiger partial charge in [-0.05, 0) is 12.8 Å². The van der Waals surface area contributed by atoms with Crippen LogP contribution in [0.1, 0.15) is 33.6 Å². The Hall–Kier alpha value is -0.130. The van der Waals surface area contributed by atoms with E-state index in [4.69, 9.17) is 0 Å². The zero-order valence-corrected chi connectivity index (χ0v) is 5.57. The maximum atomic E-state index is 2.32. The molecule has 0 fully saturated rings. The van der Waals surface area contributed by atoms with Gasteiger partial charge in [-0.25, -0.2) is 0 Å². The number of unbranched alkanes of at least 4 members (excludes halogenated alkanes) is 1. The van der Waals surface area contributed by atoms with Gasteiger partial charge in [0.15, 0.2) is 0 Å². The fraction of sp³-hybridized carbons (Fsp3) is 0.857. The van der Waals surface area contributed by atoms with Gasteiger partial charge in [0.05, 0.1) is 19.3 Å². The maximum Gasteiger partial charge on any atom is 0.0898 e. The zero-order valence-electron chi connectivity index (χ0n) is 5.57. The topological polar surface area (TPSA) is 0 Å². The van der Waals surface area contributed by atoms with Gasteiger partial charge in [-0.15, -0.1) is 0 Å². The fourth-order valence-electron chi connectivity index (χ4n) is 0.500.